The van der Waals surface area contributed by atoms with Crippen LogP contribution >= 0.6 is 0 Å². The van der Waals surface area contributed by atoms with Crippen LogP contribution in [0.2, 0.25) is 0 Å². The van der Waals surface area contributed by atoms with Gasteiger partial charge in [0.1, 0.15) is 11.5 Å². The largest absolute Gasteiger partial charge is 0.497 e. The molecule has 0 aromatic heterocycles. The molecule has 2 unspecified atom stereocenters. The monoisotopic (exact) mass is 458 g/mol. The van der Waals surface area contributed by atoms with Gasteiger partial charge in [-0.2, -0.15) is 0 Å². The minimum atomic E-state index is -0.0299. The van der Waals surface area contributed by atoms with E-state index >= 15 is 0 Å². The van der Waals surface area contributed by atoms with Crippen LogP contribution in [0, 0.1) is 0 Å². The maximum absolute atomic E-state index is 10.4. The molecule has 35 heavy (non-hydrogen) atoms. The average Bonchev–Trinajstić information content (AvgIpc) is 2.93. The summed E-state index contributed by atoms with van der Waals surface area (Å²) in [6.45, 7) is 0. The van der Waals surface area contributed by atoms with Crippen LogP contribution in [0.15, 0.2) is 97.1 Å². The predicted octanol–water partition coefficient (Wildman–Crippen LogP) is 6.74. The number of hydrogen-bond acceptors (Lipinski definition) is 2. The lowest BCUT2D eigenvalue weighted by Crippen LogP contribution is -2.19. The highest BCUT2D eigenvalue weighted by molar-refractivity contribution is 6.01. The second kappa shape index (κ2) is 10.0. The van der Waals surface area contributed by atoms with E-state index < -0.39 is 0 Å². The molecule has 3 heteroatoms. The van der Waals surface area contributed by atoms with Crippen LogP contribution in [-0.4, -0.2) is 20.1 Å². The number of allylic oxidation sites excluding steroid dienone is 1. The van der Waals surface area contributed by atoms with Crippen molar-refractivity contribution >= 4 is 11.4 Å². The second-order valence-electron chi connectivity index (χ2n) is 8.90. The summed E-state index contributed by atoms with van der Waals surface area (Å²) >= 11 is 0. The Labute approximate surface area is 207 Å². The van der Waals surface area contributed by atoms with Crippen molar-refractivity contribution in [3.63, 3.8) is 0 Å². The zero-order valence-corrected chi connectivity index (χ0v) is 20.1. The molecule has 5 rings (SSSR count). The third-order valence-electron chi connectivity index (χ3n) is 7.08. The van der Waals surface area contributed by atoms with Gasteiger partial charge in [-0.1, -0.05) is 78.2 Å². The van der Waals surface area contributed by atoms with Crippen molar-refractivity contribution in [1.29, 1.82) is 0 Å². The third kappa shape index (κ3) is 4.39. The highest BCUT2D eigenvalue weighted by atomic mass is 16.5. The summed E-state index contributed by atoms with van der Waals surface area (Å²) in [6.07, 6.45) is 1.81. The number of benzene rings is 4. The molecule has 0 bridgehead atoms. The quantitative estimate of drug-likeness (QED) is 0.288. The van der Waals surface area contributed by atoms with E-state index in [0.29, 0.717) is 0 Å². The van der Waals surface area contributed by atoms with E-state index in [1.165, 1.54) is 22.3 Å². The molecule has 0 spiro atoms. The van der Waals surface area contributed by atoms with Crippen molar-refractivity contribution in [3.8, 4) is 22.6 Å². The molecule has 3 nitrogen and oxygen atoms in total. The lowest BCUT2D eigenvalue weighted by atomic mass is 9.67. The standard InChI is InChI=1S/C32H28NO2/c1-34-24-16-11-22(12-17-24)13-20-26(23-14-18-25(35-2)19-15-23)32-30-10-6-5-8-28(30)27-7-3-4-9-29(27)31(32)21-33/h3-12,14-19,26,32H,13,20H2,1-2H3. The fourth-order valence-electron chi connectivity index (χ4n) is 5.33. The Morgan fingerprint density at radius 2 is 1.29 bits per heavy atom. The molecule has 173 valence electrons. The smallest absolute Gasteiger partial charge is 0.118 e. The number of methoxy groups -OCH3 is 2. The summed E-state index contributed by atoms with van der Waals surface area (Å²) < 4.78 is 10.8. The number of fused-ring (bicyclic) bond motifs is 3. The van der Waals surface area contributed by atoms with Gasteiger partial charge in [-0.05, 0) is 76.4 Å². The topological polar surface area (TPSA) is 40.8 Å². The van der Waals surface area contributed by atoms with Gasteiger partial charge >= 0.3 is 0 Å². The van der Waals surface area contributed by atoms with Crippen LogP contribution < -0.4 is 14.9 Å². The molecule has 0 amide bonds. The summed E-state index contributed by atoms with van der Waals surface area (Å²) in [5.74, 6) is 4.41. The zero-order chi connectivity index (χ0) is 24.2. The SMILES string of the molecule is COc1ccc(CCC(c2ccc(OC)cc2)C2C(=C=[N])c3ccccc3-c3ccccc32)cc1. The van der Waals surface area contributed by atoms with Gasteiger partial charge in [0.05, 0.1) is 14.2 Å². The van der Waals surface area contributed by atoms with Crippen LogP contribution in [0.4, 0.5) is 0 Å². The Kier molecular flexibility index (Phi) is 6.52. The van der Waals surface area contributed by atoms with E-state index in [1.54, 1.807) is 14.2 Å². The Morgan fingerprint density at radius 1 is 0.714 bits per heavy atom. The van der Waals surface area contributed by atoms with Crippen molar-refractivity contribution in [1.82, 2.24) is 5.41 Å². The van der Waals surface area contributed by atoms with Gasteiger partial charge in [0.15, 0.2) is 0 Å². The second-order valence-corrected chi connectivity index (χ2v) is 8.90. The summed E-state index contributed by atoms with van der Waals surface area (Å²) in [7, 11) is 3.37. The Bertz CT molecular complexity index is 1370. The fraction of sp³-hybridized carbons (Fsp3) is 0.188. The summed E-state index contributed by atoms with van der Waals surface area (Å²) in [4.78, 5) is 0. The molecule has 4 aromatic carbocycles. The van der Waals surface area contributed by atoms with Crippen LogP contribution in [0.1, 0.15) is 40.5 Å². The number of hydrogen-bond donors (Lipinski definition) is 0. The first-order valence-corrected chi connectivity index (χ1v) is 12.0. The van der Waals surface area contributed by atoms with Crippen molar-refractivity contribution < 1.29 is 9.47 Å². The first-order valence-electron chi connectivity index (χ1n) is 12.0. The van der Waals surface area contributed by atoms with Crippen molar-refractivity contribution in [2.24, 2.45) is 0 Å². The van der Waals surface area contributed by atoms with Crippen LogP contribution in [0.5, 0.6) is 11.5 Å². The molecule has 1 aliphatic rings. The highest BCUT2D eigenvalue weighted by Crippen LogP contribution is 2.52. The van der Waals surface area contributed by atoms with Gasteiger partial charge in [-0.25, -0.2) is 0 Å². The summed E-state index contributed by atoms with van der Waals surface area (Å²) in [5.41, 5.74) is 7.93. The van der Waals surface area contributed by atoms with Crippen LogP contribution in [-0.2, 0) is 6.42 Å². The van der Waals surface area contributed by atoms with Crippen LogP contribution in [0.25, 0.3) is 16.7 Å². The molecule has 4 aromatic rings. The number of aryl methyl sites for hydroxylation is 1. The van der Waals surface area contributed by atoms with E-state index in [0.717, 1.165) is 41.0 Å². The first-order chi connectivity index (χ1) is 17.2. The van der Waals surface area contributed by atoms with E-state index in [-0.39, 0.29) is 11.8 Å². The van der Waals surface area contributed by atoms with Crippen molar-refractivity contribution in [2.45, 2.75) is 24.7 Å². The molecule has 0 fully saturated rings. The predicted molar refractivity (Wildman–Crippen MR) is 142 cm³/mol. The van der Waals surface area contributed by atoms with Crippen LogP contribution in [0.3, 0.4) is 0 Å². The van der Waals surface area contributed by atoms with E-state index in [2.05, 4.69) is 72.6 Å². The van der Waals surface area contributed by atoms with Crippen molar-refractivity contribution in [2.75, 3.05) is 14.2 Å². The highest BCUT2D eigenvalue weighted by Gasteiger charge is 2.35. The molecular formula is C32H28NO2. The first kappa shape index (κ1) is 22.7. The van der Waals surface area contributed by atoms with Gasteiger partial charge in [0.2, 0.25) is 0 Å². The fourth-order valence-corrected chi connectivity index (χ4v) is 5.33. The molecule has 0 saturated carbocycles. The lowest BCUT2D eigenvalue weighted by Gasteiger charge is -2.35. The Balaban J connectivity index is 1.60. The van der Waals surface area contributed by atoms with Gasteiger partial charge in [0.25, 0.3) is 0 Å². The van der Waals surface area contributed by atoms with Gasteiger partial charge in [0, 0.05) is 17.4 Å². The third-order valence-corrected chi connectivity index (χ3v) is 7.08. The Morgan fingerprint density at radius 3 is 1.91 bits per heavy atom. The number of nitrogens with zero attached hydrogens (tertiary/aromatic N) is 1. The molecule has 1 aliphatic carbocycles. The molecule has 0 heterocycles. The molecule has 0 saturated heterocycles. The normalized spacial score (nSPS) is 14.9. The Hall–Kier alpha value is -4.07. The maximum Gasteiger partial charge on any atom is 0.118 e. The molecule has 0 N–H and O–H groups in total. The van der Waals surface area contributed by atoms with Gasteiger partial charge < -0.3 is 9.47 Å². The summed E-state index contributed by atoms with van der Waals surface area (Å²) in [5, 5.41) is 10.4. The minimum absolute atomic E-state index is 0.0299. The number of rotatable bonds is 7. The van der Waals surface area contributed by atoms with E-state index in [1.807, 2.05) is 30.3 Å². The number of ether oxygens (including phenoxy) is 2. The molecule has 0 aliphatic heterocycles. The average molecular weight is 459 g/mol. The lowest BCUT2D eigenvalue weighted by molar-refractivity contribution is 0.414. The summed E-state index contributed by atoms with van der Waals surface area (Å²) in [6, 6.07) is 33.5. The van der Waals surface area contributed by atoms with E-state index in [4.69, 9.17) is 9.47 Å². The van der Waals surface area contributed by atoms with Gasteiger partial charge in [-0.3, -0.25) is 0 Å². The molecule has 1 radical (unpaired) electrons. The van der Waals surface area contributed by atoms with Gasteiger partial charge in [-0.15, -0.1) is 0 Å². The zero-order valence-electron chi connectivity index (χ0n) is 20.1. The molecule has 2 atom stereocenters. The molecular weight excluding hydrogens is 430 g/mol. The van der Waals surface area contributed by atoms with Crippen molar-refractivity contribution in [3.05, 3.63) is 119 Å². The van der Waals surface area contributed by atoms with E-state index in [9.17, 15) is 5.41 Å². The minimum Gasteiger partial charge on any atom is -0.497 e. The maximum atomic E-state index is 10.4.